The van der Waals surface area contributed by atoms with Crippen molar-refractivity contribution in [3.8, 4) is 11.5 Å². The van der Waals surface area contributed by atoms with E-state index in [0.717, 1.165) is 11.5 Å². The third-order valence-electron chi connectivity index (χ3n) is 1.98. The molecule has 0 bridgehead atoms. The Morgan fingerprint density at radius 2 is 1.81 bits per heavy atom. The normalized spacial score (nSPS) is 12.1. The van der Waals surface area contributed by atoms with E-state index >= 15 is 0 Å². The molecule has 0 aliphatic rings. The van der Waals surface area contributed by atoms with E-state index in [1.54, 1.807) is 7.11 Å². The molecule has 0 aliphatic carbocycles. The molecule has 1 rings (SSSR count). The Morgan fingerprint density at radius 1 is 1.19 bits per heavy atom. The Kier molecular flexibility index (Phi) is 5.88. The maximum Gasteiger partial charge on any atom is 0.119 e. The first-order valence-corrected chi connectivity index (χ1v) is 6.57. The summed E-state index contributed by atoms with van der Waals surface area (Å²) in [5.41, 5.74) is 5.30. The Labute approximate surface area is 98.2 Å². The molecule has 4 nitrogen and oxygen atoms in total. The summed E-state index contributed by atoms with van der Waals surface area (Å²) in [5, 5.41) is 0. The van der Waals surface area contributed by atoms with E-state index in [2.05, 4.69) is 0 Å². The average Bonchev–Trinajstić information content (AvgIpc) is 2.30. The number of hydrogen-bond acceptors (Lipinski definition) is 4. The first-order chi connectivity index (χ1) is 7.76. The van der Waals surface area contributed by atoms with Crippen LogP contribution in [0.1, 0.15) is 0 Å². The second-order valence-electron chi connectivity index (χ2n) is 3.16. The van der Waals surface area contributed by atoms with Gasteiger partial charge >= 0.3 is 0 Å². The van der Waals surface area contributed by atoms with Crippen LogP contribution in [0.3, 0.4) is 0 Å². The fraction of sp³-hybridized carbons (Fsp3) is 0.455. The molecule has 0 aromatic heterocycles. The zero-order chi connectivity index (χ0) is 11.8. The summed E-state index contributed by atoms with van der Waals surface area (Å²) in [6, 6.07) is 7.30. The molecule has 0 radical (unpaired) electrons. The van der Waals surface area contributed by atoms with Crippen LogP contribution in [0.5, 0.6) is 11.5 Å². The number of nitrogens with two attached hydrogens (primary N) is 1. The molecule has 0 fully saturated rings. The molecule has 0 amide bonds. The zero-order valence-corrected chi connectivity index (χ0v) is 10.2. The average molecular weight is 243 g/mol. The smallest absolute Gasteiger partial charge is 0.119 e. The van der Waals surface area contributed by atoms with Crippen molar-refractivity contribution in [1.29, 1.82) is 0 Å². The Balaban J connectivity index is 2.29. The van der Waals surface area contributed by atoms with Crippen LogP contribution < -0.4 is 15.2 Å². The maximum absolute atomic E-state index is 11.3. The fourth-order valence-corrected chi connectivity index (χ4v) is 1.89. The van der Waals surface area contributed by atoms with Gasteiger partial charge in [-0.05, 0) is 24.3 Å². The van der Waals surface area contributed by atoms with Crippen molar-refractivity contribution in [2.45, 2.75) is 0 Å². The van der Waals surface area contributed by atoms with Crippen LogP contribution in [-0.2, 0) is 10.8 Å². The zero-order valence-electron chi connectivity index (χ0n) is 9.35. The van der Waals surface area contributed by atoms with Gasteiger partial charge in [0.15, 0.2) is 0 Å². The van der Waals surface area contributed by atoms with Crippen LogP contribution in [0.15, 0.2) is 24.3 Å². The van der Waals surface area contributed by atoms with Crippen LogP contribution >= 0.6 is 0 Å². The van der Waals surface area contributed by atoms with Crippen molar-refractivity contribution in [1.82, 2.24) is 0 Å². The lowest BCUT2D eigenvalue weighted by Crippen LogP contribution is -2.16. The molecule has 1 aromatic carbocycles. The molecule has 1 atom stereocenters. The summed E-state index contributed by atoms with van der Waals surface area (Å²) in [4.78, 5) is 0. The lowest BCUT2D eigenvalue weighted by Gasteiger charge is -2.06. The number of hydrogen-bond donors (Lipinski definition) is 1. The molecule has 0 heterocycles. The van der Waals surface area contributed by atoms with Crippen molar-refractivity contribution in [2.24, 2.45) is 5.73 Å². The largest absolute Gasteiger partial charge is 0.497 e. The van der Waals surface area contributed by atoms with Crippen molar-refractivity contribution >= 4 is 10.8 Å². The molecular weight excluding hydrogens is 226 g/mol. The molecule has 90 valence electrons. The monoisotopic (exact) mass is 243 g/mol. The SMILES string of the molecule is COc1ccc(OCCS(=O)CCN)cc1. The Morgan fingerprint density at radius 3 is 2.38 bits per heavy atom. The summed E-state index contributed by atoms with van der Waals surface area (Å²) in [7, 11) is 0.743. The van der Waals surface area contributed by atoms with Gasteiger partial charge in [0.25, 0.3) is 0 Å². The minimum atomic E-state index is -0.874. The highest BCUT2D eigenvalue weighted by Gasteiger charge is 1.99. The minimum Gasteiger partial charge on any atom is -0.497 e. The summed E-state index contributed by atoms with van der Waals surface area (Å²) in [5.74, 6) is 2.60. The number of benzene rings is 1. The third kappa shape index (κ3) is 4.63. The van der Waals surface area contributed by atoms with Crippen molar-refractivity contribution in [3.63, 3.8) is 0 Å². The molecule has 1 unspecified atom stereocenters. The molecule has 5 heteroatoms. The van der Waals surface area contributed by atoms with Crippen molar-refractivity contribution in [2.75, 3.05) is 31.8 Å². The maximum atomic E-state index is 11.3. The van der Waals surface area contributed by atoms with Crippen LogP contribution in [0, 0.1) is 0 Å². The van der Waals surface area contributed by atoms with Crippen LogP contribution in [0.25, 0.3) is 0 Å². The molecule has 2 N–H and O–H groups in total. The lowest BCUT2D eigenvalue weighted by molar-refractivity contribution is 0.341. The highest BCUT2D eigenvalue weighted by Crippen LogP contribution is 2.16. The van der Waals surface area contributed by atoms with E-state index in [-0.39, 0.29) is 0 Å². The lowest BCUT2D eigenvalue weighted by atomic mass is 10.3. The minimum absolute atomic E-state index is 0.443. The quantitative estimate of drug-likeness (QED) is 0.769. The van der Waals surface area contributed by atoms with E-state index in [4.69, 9.17) is 15.2 Å². The third-order valence-corrected chi connectivity index (χ3v) is 3.30. The molecular formula is C11H17NO3S. The van der Waals surface area contributed by atoms with Gasteiger partial charge < -0.3 is 15.2 Å². The molecule has 0 aliphatic heterocycles. The summed E-state index contributed by atoms with van der Waals surface area (Å²) in [6.45, 7) is 0.897. The van der Waals surface area contributed by atoms with E-state index in [1.165, 1.54) is 0 Å². The van der Waals surface area contributed by atoms with Gasteiger partial charge in [-0.25, -0.2) is 0 Å². The highest BCUT2D eigenvalue weighted by molar-refractivity contribution is 7.85. The molecule has 16 heavy (non-hydrogen) atoms. The highest BCUT2D eigenvalue weighted by atomic mass is 32.2. The van der Waals surface area contributed by atoms with Crippen LogP contribution in [0.2, 0.25) is 0 Å². The van der Waals surface area contributed by atoms with Crippen LogP contribution in [0.4, 0.5) is 0 Å². The Bertz CT molecular complexity index is 327. The van der Waals surface area contributed by atoms with E-state index < -0.39 is 10.8 Å². The molecule has 1 aromatic rings. The standard InChI is InChI=1S/C11H17NO3S/c1-14-10-2-4-11(5-3-10)15-7-9-16(13)8-6-12/h2-5H,6-9,12H2,1H3. The van der Waals surface area contributed by atoms with Gasteiger partial charge in [-0.15, -0.1) is 0 Å². The van der Waals surface area contributed by atoms with Gasteiger partial charge in [0, 0.05) is 23.1 Å². The van der Waals surface area contributed by atoms with E-state index in [0.29, 0.717) is 24.7 Å². The van der Waals surface area contributed by atoms with Gasteiger partial charge in [-0.1, -0.05) is 0 Å². The number of rotatable bonds is 7. The van der Waals surface area contributed by atoms with Gasteiger partial charge in [-0.3, -0.25) is 4.21 Å². The predicted octanol–water partition coefficient (Wildman–Crippen LogP) is 0.781. The topological polar surface area (TPSA) is 61.5 Å². The number of methoxy groups -OCH3 is 1. The predicted molar refractivity (Wildman–Crippen MR) is 65.4 cm³/mol. The second-order valence-corrected chi connectivity index (χ2v) is 4.86. The first kappa shape index (κ1) is 13.0. The first-order valence-electron chi connectivity index (χ1n) is 5.08. The van der Waals surface area contributed by atoms with Gasteiger partial charge in [0.05, 0.1) is 19.5 Å². The van der Waals surface area contributed by atoms with Gasteiger partial charge in [-0.2, -0.15) is 0 Å². The molecule has 0 spiro atoms. The summed E-state index contributed by atoms with van der Waals surface area (Å²) < 4.78 is 21.7. The van der Waals surface area contributed by atoms with E-state index in [1.807, 2.05) is 24.3 Å². The van der Waals surface area contributed by atoms with Crippen LogP contribution in [-0.4, -0.2) is 36.0 Å². The van der Waals surface area contributed by atoms with E-state index in [9.17, 15) is 4.21 Å². The van der Waals surface area contributed by atoms with Crippen molar-refractivity contribution < 1.29 is 13.7 Å². The van der Waals surface area contributed by atoms with Gasteiger partial charge in [0.2, 0.25) is 0 Å². The fourth-order valence-electron chi connectivity index (χ4n) is 1.16. The number of ether oxygens (including phenoxy) is 2. The summed E-state index contributed by atoms with van der Waals surface area (Å²) >= 11 is 0. The molecule has 0 saturated carbocycles. The second kappa shape index (κ2) is 7.24. The Hall–Kier alpha value is -1.07. The summed E-state index contributed by atoms with van der Waals surface area (Å²) in [6.07, 6.45) is 0. The molecule has 0 saturated heterocycles. The van der Waals surface area contributed by atoms with Gasteiger partial charge in [0.1, 0.15) is 11.5 Å². The van der Waals surface area contributed by atoms with Crippen molar-refractivity contribution in [3.05, 3.63) is 24.3 Å².